The molecule has 0 bridgehead atoms. The highest BCUT2D eigenvalue weighted by atomic mass is 32.2. The normalized spacial score (nSPS) is 17.4. The van der Waals surface area contributed by atoms with E-state index in [9.17, 15) is 78.7 Å². The molecule has 35 heteroatoms. The molecule has 111 heavy (non-hydrogen) atoms. The molecule has 5 fully saturated rings. The fourth-order valence-electron chi connectivity index (χ4n) is 13.8. The van der Waals surface area contributed by atoms with Crippen LogP contribution in [0.15, 0.2) is 6.33 Å². The lowest BCUT2D eigenvalue weighted by Crippen LogP contribution is -2.49. The van der Waals surface area contributed by atoms with Crippen LogP contribution in [0.5, 0.6) is 0 Å². The largest absolute Gasteiger partial charge is 0.420 e. The second-order valence-corrected chi connectivity index (χ2v) is 31.2. The van der Waals surface area contributed by atoms with E-state index in [0.717, 1.165) is 174 Å². The maximum absolute atomic E-state index is 13.2. The molecular weight excluding hydrogens is 1480 g/mol. The number of amides is 5. The minimum atomic E-state index is -5.32. The number of likely N-dealkylation sites (N-methyl/N-ethyl adjacent to an activating group) is 1. The number of nitrogens with one attached hydrogen (secondary N) is 5. The number of Topliss-reactive ketones (excluding diaryl/α,β-unsaturated/α-hetero) is 5. The molecular formula is C76H134F7N15O12S. The van der Waals surface area contributed by atoms with Crippen LogP contribution >= 0.6 is 11.8 Å². The van der Waals surface area contributed by atoms with Gasteiger partial charge in [0.25, 0.3) is 11.8 Å². The standard InChI is InChI=1S/C17H27F5N2O3.C16H28F2N2O3.C15H29N3O2.C14H24N6O2.C14H26N2O2S/c1-16(18,19)15(17(20,21)22)27-10-13(25)12(8-4-5-9-23)24-14(26)11-6-2-3-7-11;1-16(17,18)11-23-10-14(21)13(8-4-5-9-19)20-15(22)12-6-2-3-7-12;1-18(2)11-14(19)13(9-5-6-10-16)17-15(20)12-7-3-4-8-12;15-8-4-3-7-12(13(21)9-20-17-10-16-19-20)18-14(22)11-5-1-2-6-11;1-19-10-13(17)12(8-4-5-9-15)16-14(18)11-6-2-3-7-11/h11-12,15H,2-10,23H2,1H3,(H,24,26);12-13H,2-11,19H2,1H3,(H,20,22);12-13H,3-11,16H2,1-2H3,(H,17,20);10-12H,1-9,15H2,(H,18,22);11-12H,2-10,15H2,1H3,(H,16,18)/t12-,15?;2*13-;2*12-/m00000/s1. The summed E-state index contributed by atoms with van der Waals surface area (Å²) in [6.45, 7) is 1.55. The summed E-state index contributed by atoms with van der Waals surface area (Å²) in [5.41, 5.74) is 27.3. The molecule has 1 aromatic rings. The fraction of sp³-hybridized carbons (Fsp3) is 0.855. The van der Waals surface area contributed by atoms with Crippen LogP contribution in [-0.4, -0.2) is 223 Å². The van der Waals surface area contributed by atoms with Crippen LogP contribution in [0.2, 0.25) is 0 Å². The molecule has 640 valence electrons. The van der Waals surface area contributed by atoms with Gasteiger partial charge in [-0.2, -0.15) is 29.7 Å². The third-order valence-electron chi connectivity index (χ3n) is 20.1. The summed E-state index contributed by atoms with van der Waals surface area (Å²) in [5.74, 6) is -8.10. The van der Waals surface area contributed by atoms with E-state index < -0.39 is 67.9 Å². The molecule has 5 amide bonds. The number of hydrogen-bond acceptors (Lipinski definition) is 22. The molecule has 1 aromatic heterocycles. The lowest BCUT2D eigenvalue weighted by atomic mass is 10.0. The molecule has 0 saturated heterocycles. The maximum atomic E-state index is 13.2. The number of ketones is 5. The number of carbonyl (C=O) groups excluding carboxylic acids is 10. The third kappa shape index (κ3) is 44.7. The van der Waals surface area contributed by atoms with Crippen LogP contribution in [0.3, 0.4) is 0 Å². The van der Waals surface area contributed by atoms with Crippen molar-refractivity contribution in [3.05, 3.63) is 6.33 Å². The molecule has 0 spiro atoms. The Hall–Kier alpha value is -5.69. The van der Waals surface area contributed by atoms with Crippen molar-refractivity contribution in [3.63, 3.8) is 0 Å². The molecule has 1 heterocycles. The molecule has 6 atom stereocenters. The van der Waals surface area contributed by atoms with E-state index >= 15 is 0 Å². The molecule has 6 rings (SSSR count). The molecule has 0 radical (unpaired) electrons. The van der Waals surface area contributed by atoms with Gasteiger partial charge in [-0.05, 0) is 219 Å². The SMILES string of the molecule is CC(F)(F)C(OCC(=O)[C@H](CCCCN)NC(=O)C1CCCC1)C(F)(F)F.CC(F)(F)COCC(=O)[C@H](CCCCN)NC(=O)C1CCCC1.CN(C)CC(=O)[C@H](CCCCN)NC(=O)C1CCCC1.CSCC(=O)[C@H](CCCCN)NC(=O)C1CCCC1.NCCCC[C@H](NC(=O)C1CCCC1)C(=O)Cn1ncnn1. The van der Waals surface area contributed by atoms with Crippen molar-refractivity contribution in [1.82, 2.24) is 51.7 Å². The Balaban J connectivity index is 0.000000473. The second kappa shape index (κ2) is 57.4. The maximum Gasteiger partial charge on any atom is 0.420 e. The van der Waals surface area contributed by atoms with E-state index in [0.29, 0.717) is 96.4 Å². The molecule has 5 aliphatic rings. The lowest BCUT2D eigenvalue weighted by Gasteiger charge is -2.27. The van der Waals surface area contributed by atoms with Gasteiger partial charge in [-0.1, -0.05) is 64.2 Å². The minimum absolute atomic E-state index is 0.00449. The van der Waals surface area contributed by atoms with Gasteiger partial charge in [-0.25, -0.2) is 17.6 Å². The van der Waals surface area contributed by atoms with Crippen LogP contribution < -0.4 is 55.3 Å². The molecule has 0 aromatic carbocycles. The van der Waals surface area contributed by atoms with E-state index in [1.54, 1.807) is 0 Å². The number of aromatic nitrogens is 4. The quantitative estimate of drug-likeness (QED) is 0.0221. The highest BCUT2D eigenvalue weighted by molar-refractivity contribution is 7.99. The van der Waals surface area contributed by atoms with Crippen LogP contribution in [-0.2, 0) is 64.0 Å². The highest BCUT2D eigenvalue weighted by Crippen LogP contribution is 2.35. The zero-order valence-electron chi connectivity index (χ0n) is 66.5. The first-order valence-corrected chi connectivity index (χ1v) is 41.6. The molecule has 27 nitrogen and oxygen atoms in total. The first-order valence-electron chi connectivity index (χ1n) is 40.2. The van der Waals surface area contributed by atoms with Gasteiger partial charge in [0.05, 0.1) is 42.5 Å². The van der Waals surface area contributed by atoms with Gasteiger partial charge in [0.15, 0.2) is 35.2 Å². The average molecular weight is 1620 g/mol. The number of tetrazole rings is 1. The van der Waals surface area contributed by atoms with Crippen LogP contribution in [0.1, 0.15) is 239 Å². The van der Waals surface area contributed by atoms with Crippen LogP contribution in [0.25, 0.3) is 0 Å². The van der Waals surface area contributed by atoms with Gasteiger partial charge in [0.1, 0.15) is 26.4 Å². The fourth-order valence-corrected chi connectivity index (χ4v) is 14.3. The Morgan fingerprint density at radius 2 is 0.757 bits per heavy atom. The predicted octanol–water partition coefficient (Wildman–Crippen LogP) is 7.68. The Kier molecular flexibility index (Phi) is 52.4. The van der Waals surface area contributed by atoms with E-state index in [1.807, 2.05) is 25.3 Å². The predicted molar refractivity (Wildman–Crippen MR) is 412 cm³/mol. The monoisotopic (exact) mass is 1610 g/mol. The number of nitrogens with two attached hydrogens (primary N) is 5. The Morgan fingerprint density at radius 1 is 0.459 bits per heavy atom. The topological polar surface area (TPSA) is 426 Å². The molecule has 0 aliphatic heterocycles. The van der Waals surface area contributed by atoms with Crippen molar-refractivity contribution in [3.8, 4) is 0 Å². The number of carbonyl (C=O) groups is 10. The minimum Gasteiger partial charge on any atom is -0.367 e. The summed E-state index contributed by atoms with van der Waals surface area (Å²) >= 11 is 1.51. The first kappa shape index (κ1) is 101. The molecule has 5 saturated carbocycles. The van der Waals surface area contributed by atoms with Gasteiger partial charge in [0.2, 0.25) is 35.6 Å². The van der Waals surface area contributed by atoms with Gasteiger partial charge in [-0.15, -0.1) is 10.2 Å². The van der Waals surface area contributed by atoms with Gasteiger partial charge < -0.3 is 69.6 Å². The number of alkyl halides is 7. The number of rotatable bonds is 49. The molecule has 15 N–H and O–H groups in total. The zero-order chi connectivity index (χ0) is 82.8. The van der Waals surface area contributed by atoms with E-state index in [2.05, 4.69) is 46.7 Å². The molecule has 5 aliphatic carbocycles. The number of unbranched alkanes of at least 4 members (excludes halogenated alkanes) is 5. The number of halogens is 7. The Morgan fingerprint density at radius 3 is 1.02 bits per heavy atom. The third-order valence-corrected chi connectivity index (χ3v) is 20.7. The van der Waals surface area contributed by atoms with Crippen molar-refractivity contribution in [2.24, 2.45) is 58.3 Å². The summed E-state index contributed by atoms with van der Waals surface area (Å²) < 4.78 is 98.9. The Bertz CT molecular complexity index is 2790. The summed E-state index contributed by atoms with van der Waals surface area (Å²) in [4.78, 5) is 125. The smallest absolute Gasteiger partial charge is 0.367 e. The zero-order valence-corrected chi connectivity index (χ0v) is 67.3. The number of nitrogens with zero attached hydrogens (tertiary/aromatic N) is 5. The van der Waals surface area contributed by atoms with E-state index in [1.165, 1.54) is 22.9 Å². The first-order chi connectivity index (χ1) is 52.7. The average Bonchev–Trinajstić information content (AvgIpc) is 1.81. The van der Waals surface area contributed by atoms with Gasteiger partial charge in [0, 0.05) is 43.4 Å². The Labute approximate surface area is 656 Å². The van der Waals surface area contributed by atoms with Gasteiger partial charge in [-0.3, -0.25) is 47.9 Å². The highest BCUT2D eigenvalue weighted by Gasteiger charge is 2.54. The van der Waals surface area contributed by atoms with Crippen molar-refractivity contribution in [2.45, 2.75) is 299 Å². The van der Waals surface area contributed by atoms with Crippen molar-refractivity contribution in [2.75, 3.05) is 85.2 Å². The summed E-state index contributed by atoms with van der Waals surface area (Å²) in [7, 11) is 3.74. The van der Waals surface area contributed by atoms with Gasteiger partial charge >= 0.3 is 6.18 Å². The van der Waals surface area contributed by atoms with Crippen LogP contribution in [0.4, 0.5) is 30.7 Å². The van der Waals surface area contributed by atoms with E-state index in [4.69, 9.17) is 33.4 Å². The molecule has 1 unspecified atom stereocenters. The van der Waals surface area contributed by atoms with Crippen molar-refractivity contribution >= 4 is 70.2 Å². The lowest BCUT2D eigenvalue weighted by molar-refractivity contribution is -0.278. The van der Waals surface area contributed by atoms with Crippen molar-refractivity contribution in [1.29, 1.82) is 0 Å². The summed E-state index contributed by atoms with van der Waals surface area (Å²) in [5, 5.41) is 25.3. The summed E-state index contributed by atoms with van der Waals surface area (Å²) in [6, 6.07) is -2.92. The summed E-state index contributed by atoms with van der Waals surface area (Å²) in [6.07, 6.45) is 24.1. The number of thioether (sulfide) groups is 1. The second-order valence-electron chi connectivity index (χ2n) is 30.4. The van der Waals surface area contributed by atoms with Crippen molar-refractivity contribution < 1.29 is 88.2 Å². The number of ether oxygens (including phenoxy) is 2. The van der Waals surface area contributed by atoms with E-state index in [-0.39, 0.29) is 114 Å². The van der Waals surface area contributed by atoms with Crippen LogP contribution in [0, 0.1) is 29.6 Å². The number of hydrogen-bond donors (Lipinski definition) is 10.